The van der Waals surface area contributed by atoms with Gasteiger partial charge in [-0.05, 0) is 19.1 Å². The predicted molar refractivity (Wildman–Crippen MR) is 59.0 cm³/mol. The van der Waals surface area contributed by atoms with Gasteiger partial charge in [0.1, 0.15) is 17.3 Å². The number of rotatable bonds is 4. The fraction of sp³-hybridized carbons (Fsp3) is 0.400. The second kappa shape index (κ2) is 5.42. The van der Waals surface area contributed by atoms with Gasteiger partial charge in [0.2, 0.25) is 0 Å². The molecule has 1 N–H and O–H groups in total. The molecule has 1 aromatic rings. The van der Waals surface area contributed by atoms with Crippen molar-refractivity contribution in [1.82, 2.24) is 0 Å². The molecule has 0 saturated heterocycles. The Morgan fingerprint density at radius 3 is 2.40 bits per heavy atom. The average Bonchev–Trinajstić information content (AvgIpc) is 2.11. The quantitative estimate of drug-likeness (QED) is 0.914. The summed E-state index contributed by atoms with van der Waals surface area (Å²) in [6.45, 7) is 2.17. The van der Waals surface area contributed by atoms with Crippen LogP contribution in [0, 0.1) is 11.6 Å². The van der Waals surface area contributed by atoms with Gasteiger partial charge in [-0.25, -0.2) is 8.78 Å². The Bertz CT molecular complexity index is 323. The summed E-state index contributed by atoms with van der Waals surface area (Å²) < 4.78 is 31.9. The van der Waals surface area contributed by atoms with Gasteiger partial charge < -0.3 is 10.1 Å². The van der Waals surface area contributed by atoms with E-state index in [4.69, 9.17) is 4.74 Å². The van der Waals surface area contributed by atoms with Crippen LogP contribution in [-0.2, 0) is 4.74 Å². The van der Waals surface area contributed by atoms with Crippen molar-refractivity contribution in [1.29, 1.82) is 0 Å². The van der Waals surface area contributed by atoms with Gasteiger partial charge in [0.15, 0.2) is 0 Å². The lowest BCUT2D eigenvalue weighted by atomic mass is 10.2. The molecule has 0 radical (unpaired) electrons. The second-order valence-electron chi connectivity index (χ2n) is 3.25. The average molecular weight is 280 g/mol. The standard InChI is InChI=1S/C10H12BrF2NO/c1-6(5-15-2)14-10-8(12)3-7(11)4-9(10)13/h3-4,6,14H,5H2,1-2H3. The van der Waals surface area contributed by atoms with Crippen LogP contribution in [0.2, 0.25) is 0 Å². The number of halogens is 3. The maximum Gasteiger partial charge on any atom is 0.150 e. The summed E-state index contributed by atoms with van der Waals surface area (Å²) in [5.74, 6) is -1.24. The summed E-state index contributed by atoms with van der Waals surface area (Å²) in [7, 11) is 1.53. The van der Waals surface area contributed by atoms with E-state index in [2.05, 4.69) is 21.2 Å². The Morgan fingerprint density at radius 2 is 1.93 bits per heavy atom. The van der Waals surface area contributed by atoms with E-state index in [9.17, 15) is 8.78 Å². The number of benzene rings is 1. The van der Waals surface area contributed by atoms with E-state index in [1.54, 1.807) is 6.92 Å². The highest BCUT2D eigenvalue weighted by Gasteiger charge is 2.12. The first-order chi connectivity index (χ1) is 7.04. The number of nitrogens with one attached hydrogen (secondary N) is 1. The molecule has 2 nitrogen and oxygen atoms in total. The van der Waals surface area contributed by atoms with Gasteiger partial charge in [-0.2, -0.15) is 0 Å². The number of ether oxygens (including phenoxy) is 1. The maximum absolute atomic E-state index is 13.3. The molecule has 0 aliphatic rings. The Kier molecular flexibility index (Phi) is 4.47. The molecule has 0 aliphatic heterocycles. The zero-order chi connectivity index (χ0) is 11.4. The molecule has 1 aromatic carbocycles. The zero-order valence-electron chi connectivity index (χ0n) is 8.48. The van der Waals surface area contributed by atoms with E-state index in [1.165, 1.54) is 19.2 Å². The molecular weight excluding hydrogens is 268 g/mol. The highest BCUT2D eigenvalue weighted by molar-refractivity contribution is 9.10. The summed E-state index contributed by atoms with van der Waals surface area (Å²) in [6, 6.07) is 2.27. The second-order valence-corrected chi connectivity index (χ2v) is 4.16. The maximum atomic E-state index is 13.3. The summed E-state index contributed by atoms with van der Waals surface area (Å²) in [5, 5.41) is 2.71. The number of anilines is 1. The lowest BCUT2D eigenvalue weighted by Crippen LogP contribution is -2.22. The van der Waals surface area contributed by atoms with Crippen LogP contribution in [0.4, 0.5) is 14.5 Å². The monoisotopic (exact) mass is 279 g/mol. The molecule has 0 bridgehead atoms. The molecule has 1 rings (SSSR count). The smallest absolute Gasteiger partial charge is 0.150 e. The van der Waals surface area contributed by atoms with E-state index >= 15 is 0 Å². The van der Waals surface area contributed by atoms with E-state index in [-0.39, 0.29) is 11.7 Å². The molecule has 0 heterocycles. The Hall–Kier alpha value is -0.680. The van der Waals surface area contributed by atoms with E-state index in [0.717, 1.165) is 0 Å². The Labute approximate surface area is 95.8 Å². The minimum absolute atomic E-state index is 0.122. The number of methoxy groups -OCH3 is 1. The molecule has 84 valence electrons. The highest BCUT2D eigenvalue weighted by Crippen LogP contribution is 2.24. The molecule has 1 unspecified atom stereocenters. The van der Waals surface area contributed by atoms with Crippen LogP contribution in [0.15, 0.2) is 16.6 Å². The van der Waals surface area contributed by atoms with Crippen LogP contribution in [0.1, 0.15) is 6.92 Å². The molecule has 5 heteroatoms. The van der Waals surface area contributed by atoms with Crippen LogP contribution < -0.4 is 5.32 Å². The van der Waals surface area contributed by atoms with Crippen molar-refractivity contribution in [3.8, 4) is 0 Å². The van der Waals surface area contributed by atoms with Gasteiger partial charge in [0, 0.05) is 17.6 Å². The third-order valence-corrected chi connectivity index (χ3v) is 2.27. The van der Waals surface area contributed by atoms with Crippen LogP contribution in [0.5, 0.6) is 0 Å². The number of hydrogen-bond donors (Lipinski definition) is 1. The van der Waals surface area contributed by atoms with Gasteiger partial charge in [-0.3, -0.25) is 0 Å². The fourth-order valence-electron chi connectivity index (χ4n) is 1.22. The van der Waals surface area contributed by atoms with E-state index in [0.29, 0.717) is 11.1 Å². The third-order valence-electron chi connectivity index (χ3n) is 1.81. The molecule has 0 spiro atoms. The molecular formula is C10H12BrF2NO. The molecule has 0 fully saturated rings. The van der Waals surface area contributed by atoms with Crippen LogP contribution in [-0.4, -0.2) is 19.8 Å². The fourth-order valence-corrected chi connectivity index (χ4v) is 1.62. The van der Waals surface area contributed by atoms with Crippen LogP contribution in [0.3, 0.4) is 0 Å². The van der Waals surface area contributed by atoms with Gasteiger partial charge in [-0.1, -0.05) is 15.9 Å². The number of hydrogen-bond acceptors (Lipinski definition) is 2. The van der Waals surface area contributed by atoms with Gasteiger partial charge in [0.25, 0.3) is 0 Å². The summed E-state index contributed by atoms with van der Waals surface area (Å²) >= 11 is 3.01. The normalized spacial score (nSPS) is 12.6. The van der Waals surface area contributed by atoms with Gasteiger partial charge >= 0.3 is 0 Å². The summed E-state index contributed by atoms with van der Waals surface area (Å²) in [6.07, 6.45) is 0. The lowest BCUT2D eigenvalue weighted by molar-refractivity contribution is 0.190. The molecule has 0 amide bonds. The molecule has 0 aliphatic carbocycles. The minimum atomic E-state index is -0.621. The van der Waals surface area contributed by atoms with Crippen molar-refractivity contribution in [2.24, 2.45) is 0 Å². The first kappa shape index (κ1) is 12.4. The van der Waals surface area contributed by atoms with Crippen molar-refractivity contribution in [2.75, 3.05) is 19.0 Å². The van der Waals surface area contributed by atoms with Crippen LogP contribution in [0.25, 0.3) is 0 Å². The first-order valence-corrected chi connectivity index (χ1v) is 5.24. The lowest BCUT2D eigenvalue weighted by Gasteiger charge is -2.15. The molecule has 15 heavy (non-hydrogen) atoms. The largest absolute Gasteiger partial charge is 0.383 e. The molecule has 1 atom stereocenters. The van der Waals surface area contributed by atoms with Crippen molar-refractivity contribution in [3.63, 3.8) is 0 Å². The van der Waals surface area contributed by atoms with Crippen molar-refractivity contribution in [2.45, 2.75) is 13.0 Å². The van der Waals surface area contributed by atoms with Crippen molar-refractivity contribution < 1.29 is 13.5 Å². The third kappa shape index (κ3) is 3.43. The minimum Gasteiger partial charge on any atom is -0.383 e. The van der Waals surface area contributed by atoms with Gasteiger partial charge in [0.05, 0.1) is 6.61 Å². The highest BCUT2D eigenvalue weighted by atomic mass is 79.9. The van der Waals surface area contributed by atoms with Crippen molar-refractivity contribution in [3.05, 3.63) is 28.2 Å². The van der Waals surface area contributed by atoms with Gasteiger partial charge in [-0.15, -0.1) is 0 Å². The topological polar surface area (TPSA) is 21.3 Å². The van der Waals surface area contributed by atoms with E-state index in [1.807, 2.05) is 0 Å². The SMILES string of the molecule is COCC(C)Nc1c(F)cc(Br)cc1F. The summed E-state index contributed by atoms with van der Waals surface area (Å²) in [5.41, 5.74) is -0.122. The molecule has 0 aromatic heterocycles. The zero-order valence-corrected chi connectivity index (χ0v) is 10.1. The van der Waals surface area contributed by atoms with Crippen molar-refractivity contribution >= 4 is 21.6 Å². The predicted octanol–water partition coefficient (Wildman–Crippen LogP) is 3.17. The van der Waals surface area contributed by atoms with Crippen LogP contribution >= 0.6 is 15.9 Å². The Morgan fingerprint density at radius 1 is 1.40 bits per heavy atom. The first-order valence-electron chi connectivity index (χ1n) is 4.44. The Balaban J connectivity index is 2.85. The molecule has 0 saturated carbocycles. The summed E-state index contributed by atoms with van der Waals surface area (Å²) in [4.78, 5) is 0. The van der Waals surface area contributed by atoms with E-state index < -0.39 is 11.6 Å².